The van der Waals surface area contributed by atoms with Crippen LogP contribution in [0.15, 0.2) is 60.7 Å². The minimum atomic E-state index is -0.0410. The molecule has 0 aliphatic rings. The summed E-state index contributed by atoms with van der Waals surface area (Å²) in [5.74, 6) is 1.02. The van der Waals surface area contributed by atoms with Crippen LogP contribution in [0.2, 0.25) is 0 Å². The van der Waals surface area contributed by atoms with Crippen LogP contribution in [0, 0.1) is 6.92 Å². The lowest BCUT2D eigenvalue weighted by atomic mass is 10.1. The number of allylic oxidation sites excluding steroid dienone is 1. The lowest BCUT2D eigenvalue weighted by Crippen LogP contribution is -2.22. The van der Waals surface area contributed by atoms with E-state index in [4.69, 9.17) is 4.98 Å². The van der Waals surface area contributed by atoms with Crippen molar-refractivity contribution in [1.82, 2.24) is 14.9 Å². The van der Waals surface area contributed by atoms with Gasteiger partial charge in [0.15, 0.2) is 0 Å². The van der Waals surface area contributed by atoms with Gasteiger partial charge in [0.2, 0.25) is 5.91 Å². The maximum atomic E-state index is 11.5. The monoisotopic (exact) mass is 347 g/mol. The fraction of sp³-hybridized carbons (Fsp3) is 0.273. The standard InChI is InChI=1S/C22H25N3O/c1-3-8-22(26)23-14-7-13-21-24-19-11-4-5-12-20(19)25(21)16-18-10-6-9-17(2)15-18/h3-6,8-12,15H,7,13-14,16H2,1-2H3,(H,23,26)/b8-3-. The quantitative estimate of drug-likeness (QED) is 0.518. The van der Waals surface area contributed by atoms with Crippen LogP contribution >= 0.6 is 0 Å². The third-order valence-electron chi connectivity index (χ3n) is 4.35. The van der Waals surface area contributed by atoms with Gasteiger partial charge >= 0.3 is 0 Å². The molecule has 0 aliphatic heterocycles. The highest BCUT2D eigenvalue weighted by Gasteiger charge is 2.11. The molecular formula is C22H25N3O. The van der Waals surface area contributed by atoms with Crippen molar-refractivity contribution in [3.8, 4) is 0 Å². The number of benzene rings is 2. The van der Waals surface area contributed by atoms with Crippen molar-refractivity contribution in [2.75, 3.05) is 6.54 Å². The summed E-state index contributed by atoms with van der Waals surface area (Å²) in [6.07, 6.45) is 4.99. The number of hydrogen-bond donors (Lipinski definition) is 1. The minimum Gasteiger partial charge on any atom is -0.353 e. The van der Waals surface area contributed by atoms with E-state index in [2.05, 4.69) is 59.3 Å². The first kappa shape index (κ1) is 17.9. The van der Waals surface area contributed by atoms with Gasteiger partial charge in [-0.2, -0.15) is 0 Å². The molecule has 0 aliphatic carbocycles. The van der Waals surface area contributed by atoms with E-state index in [1.165, 1.54) is 11.1 Å². The van der Waals surface area contributed by atoms with E-state index in [-0.39, 0.29) is 5.91 Å². The Labute approximate surface area is 154 Å². The fourth-order valence-corrected chi connectivity index (χ4v) is 3.15. The molecule has 1 aromatic heterocycles. The van der Waals surface area contributed by atoms with E-state index < -0.39 is 0 Å². The van der Waals surface area contributed by atoms with Crippen molar-refractivity contribution in [2.24, 2.45) is 0 Å². The van der Waals surface area contributed by atoms with Crippen LogP contribution in [0.25, 0.3) is 11.0 Å². The summed E-state index contributed by atoms with van der Waals surface area (Å²) in [6, 6.07) is 16.8. The van der Waals surface area contributed by atoms with E-state index in [1.54, 1.807) is 12.2 Å². The third-order valence-corrected chi connectivity index (χ3v) is 4.35. The lowest BCUT2D eigenvalue weighted by molar-refractivity contribution is -0.116. The molecule has 0 spiro atoms. The van der Waals surface area contributed by atoms with Crippen molar-refractivity contribution < 1.29 is 4.79 Å². The number of carbonyl (C=O) groups is 1. The van der Waals surface area contributed by atoms with Crippen LogP contribution in [-0.4, -0.2) is 22.0 Å². The highest BCUT2D eigenvalue weighted by molar-refractivity contribution is 5.87. The van der Waals surface area contributed by atoms with Crippen LogP contribution < -0.4 is 5.32 Å². The van der Waals surface area contributed by atoms with Crippen molar-refractivity contribution in [2.45, 2.75) is 33.2 Å². The lowest BCUT2D eigenvalue weighted by Gasteiger charge is -2.10. The van der Waals surface area contributed by atoms with Gasteiger partial charge < -0.3 is 9.88 Å². The Bertz CT molecular complexity index is 924. The van der Waals surface area contributed by atoms with Crippen LogP contribution in [-0.2, 0) is 17.8 Å². The topological polar surface area (TPSA) is 46.9 Å². The van der Waals surface area contributed by atoms with Gasteiger partial charge in [0.1, 0.15) is 5.82 Å². The number of aryl methyl sites for hydroxylation is 2. The number of carbonyl (C=O) groups excluding carboxylic acids is 1. The molecule has 0 radical (unpaired) electrons. The maximum Gasteiger partial charge on any atom is 0.243 e. The van der Waals surface area contributed by atoms with E-state index in [1.807, 2.05) is 13.0 Å². The van der Waals surface area contributed by atoms with Crippen LogP contribution in [0.3, 0.4) is 0 Å². The summed E-state index contributed by atoms with van der Waals surface area (Å²) in [5.41, 5.74) is 4.71. The van der Waals surface area contributed by atoms with E-state index in [0.29, 0.717) is 6.54 Å². The Balaban J connectivity index is 1.77. The molecule has 0 atom stereocenters. The number of aromatic nitrogens is 2. The molecule has 0 unspecified atom stereocenters. The second-order valence-electron chi connectivity index (χ2n) is 6.49. The molecule has 1 N–H and O–H groups in total. The number of fused-ring (bicyclic) bond motifs is 1. The maximum absolute atomic E-state index is 11.5. The highest BCUT2D eigenvalue weighted by Crippen LogP contribution is 2.19. The van der Waals surface area contributed by atoms with E-state index in [9.17, 15) is 4.79 Å². The first-order chi connectivity index (χ1) is 12.7. The number of rotatable bonds is 7. The number of imidazole rings is 1. The van der Waals surface area contributed by atoms with Gasteiger partial charge in [-0.05, 0) is 44.0 Å². The smallest absolute Gasteiger partial charge is 0.243 e. The van der Waals surface area contributed by atoms with Crippen molar-refractivity contribution >= 4 is 16.9 Å². The van der Waals surface area contributed by atoms with Gasteiger partial charge in [-0.15, -0.1) is 0 Å². The average molecular weight is 347 g/mol. The zero-order chi connectivity index (χ0) is 18.4. The van der Waals surface area contributed by atoms with Crippen LogP contribution in [0.1, 0.15) is 30.3 Å². The molecule has 1 heterocycles. The van der Waals surface area contributed by atoms with Crippen molar-refractivity contribution in [3.05, 3.63) is 77.6 Å². The third kappa shape index (κ3) is 4.39. The molecule has 0 saturated carbocycles. The number of nitrogens with zero attached hydrogens (tertiary/aromatic N) is 2. The Morgan fingerprint density at radius 1 is 1.19 bits per heavy atom. The van der Waals surface area contributed by atoms with Crippen molar-refractivity contribution in [1.29, 1.82) is 0 Å². The SMILES string of the molecule is C/C=C\C(=O)NCCCc1nc2ccccc2n1Cc1cccc(C)c1. The molecular weight excluding hydrogens is 322 g/mol. The predicted molar refractivity (Wildman–Crippen MR) is 106 cm³/mol. The molecule has 3 aromatic rings. The Morgan fingerprint density at radius 2 is 2.04 bits per heavy atom. The molecule has 1 amide bonds. The van der Waals surface area contributed by atoms with Crippen molar-refractivity contribution in [3.63, 3.8) is 0 Å². The van der Waals surface area contributed by atoms with Gasteiger partial charge in [0, 0.05) is 19.5 Å². The molecule has 4 heteroatoms. The van der Waals surface area contributed by atoms with Crippen LogP contribution in [0.5, 0.6) is 0 Å². The summed E-state index contributed by atoms with van der Waals surface area (Å²) >= 11 is 0. The van der Waals surface area contributed by atoms with Gasteiger partial charge in [0.05, 0.1) is 11.0 Å². The minimum absolute atomic E-state index is 0.0410. The second kappa shape index (κ2) is 8.48. The fourth-order valence-electron chi connectivity index (χ4n) is 3.15. The molecule has 0 bridgehead atoms. The van der Waals surface area contributed by atoms with Gasteiger partial charge in [-0.3, -0.25) is 4.79 Å². The molecule has 134 valence electrons. The predicted octanol–water partition coefficient (Wildman–Crippen LogP) is 4.02. The summed E-state index contributed by atoms with van der Waals surface area (Å²) in [6.45, 7) is 5.41. The normalized spacial score (nSPS) is 11.3. The van der Waals surface area contributed by atoms with Gasteiger partial charge in [-0.1, -0.05) is 48.0 Å². The van der Waals surface area contributed by atoms with Gasteiger partial charge in [-0.25, -0.2) is 4.98 Å². The molecule has 0 saturated heterocycles. The molecule has 3 rings (SSSR count). The average Bonchev–Trinajstić information content (AvgIpc) is 2.97. The zero-order valence-corrected chi connectivity index (χ0v) is 15.4. The number of amides is 1. The van der Waals surface area contributed by atoms with Gasteiger partial charge in [0.25, 0.3) is 0 Å². The summed E-state index contributed by atoms with van der Waals surface area (Å²) < 4.78 is 2.29. The summed E-state index contributed by atoms with van der Waals surface area (Å²) in [7, 11) is 0. The Hall–Kier alpha value is -2.88. The first-order valence-electron chi connectivity index (χ1n) is 9.07. The molecule has 26 heavy (non-hydrogen) atoms. The largest absolute Gasteiger partial charge is 0.353 e. The molecule has 2 aromatic carbocycles. The first-order valence-corrected chi connectivity index (χ1v) is 9.07. The molecule has 4 nitrogen and oxygen atoms in total. The Kier molecular flexibility index (Phi) is 5.84. The number of para-hydroxylation sites is 2. The second-order valence-corrected chi connectivity index (χ2v) is 6.49. The summed E-state index contributed by atoms with van der Waals surface area (Å²) in [4.78, 5) is 16.3. The zero-order valence-electron chi connectivity index (χ0n) is 15.4. The number of hydrogen-bond acceptors (Lipinski definition) is 2. The summed E-state index contributed by atoms with van der Waals surface area (Å²) in [5, 5.41) is 2.90. The Morgan fingerprint density at radius 3 is 2.85 bits per heavy atom. The van der Waals surface area contributed by atoms with Crippen LogP contribution in [0.4, 0.5) is 0 Å². The van der Waals surface area contributed by atoms with E-state index >= 15 is 0 Å². The number of nitrogens with one attached hydrogen (secondary N) is 1. The highest BCUT2D eigenvalue weighted by atomic mass is 16.1. The van der Waals surface area contributed by atoms with E-state index in [0.717, 1.165) is 36.2 Å². The molecule has 0 fully saturated rings.